The maximum atomic E-state index is 10.8. The molecule has 84 valence electrons. The topological polar surface area (TPSA) is 75.1 Å². The summed E-state index contributed by atoms with van der Waals surface area (Å²) in [6.45, 7) is 3.54. The quantitative estimate of drug-likeness (QED) is 0.747. The van der Waals surface area contributed by atoms with E-state index in [0.717, 1.165) is 0 Å². The zero-order valence-corrected chi connectivity index (χ0v) is 9.19. The van der Waals surface area contributed by atoms with E-state index < -0.39 is 5.97 Å². The van der Waals surface area contributed by atoms with Crippen molar-refractivity contribution in [2.24, 2.45) is 0 Å². The number of anilines is 1. The van der Waals surface area contributed by atoms with Crippen LogP contribution in [0.4, 0.5) is 5.82 Å². The highest BCUT2D eigenvalue weighted by Crippen LogP contribution is 2.09. The lowest BCUT2D eigenvalue weighted by Crippen LogP contribution is -2.16. The molecule has 5 heteroatoms. The lowest BCUT2D eigenvalue weighted by Gasteiger charge is -2.12. The van der Waals surface area contributed by atoms with Crippen molar-refractivity contribution in [3.05, 3.63) is 17.6 Å². The molecule has 0 saturated carbocycles. The highest BCUT2D eigenvalue weighted by atomic mass is 16.4. The Bertz CT molecular complexity index is 437. The third-order valence-corrected chi connectivity index (χ3v) is 1.88. The van der Waals surface area contributed by atoms with Crippen LogP contribution in [-0.4, -0.2) is 27.1 Å². The van der Waals surface area contributed by atoms with Crippen LogP contribution in [0.15, 0.2) is 6.07 Å². The van der Waals surface area contributed by atoms with Gasteiger partial charge in [0.2, 0.25) is 0 Å². The Kier molecular flexibility index (Phi) is 3.84. The fourth-order valence-electron chi connectivity index (χ4n) is 1.23. The molecule has 0 bridgehead atoms. The maximum Gasteiger partial charge on any atom is 0.354 e. The van der Waals surface area contributed by atoms with Crippen LogP contribution in [0, 0.1) is 19.3 Å². The van der Waals surface area contributed by atoms with Crippen molar-refractivity contribution >= 4 is 11.8 Å². The van der Waals surface area contributed by atoms with Gasteiger partial charge in [-0.2, -0.15) is 0 Å². The van der Waals surface area contributed by atoms with Crippen LogP contribution in [0.1, 0.15) is 29.7 Å². The summed E-state index contributed by atoms with van der Waals surface area (Å²) in [5, 5.41) is 11.8. The van der Waals surface area contributed by atoms with Crippen LogP contribution in [0.25, 0.3) is 0 Å². The molecule has 0 fully saturated rings. The first-order chi connectivity index (χ1) is 7.52. The molecule has 5 nitrogen and oxygen atoms in total. The highest BCUT2D eigenvalue weighted by Gasteiger charge is 2.09. The Morgan fingerprint density at radius 3 is 2.94 bits per heavy atom. The Morgan fingerprint density at radius 1 is 1.69 bits per heavy atom. The van der Waals surface area contributed by atoms with Crippen molar-refractivity contribution < 1.29 is 9.90 Å². The number of hydrogen-bond donors (Lipinski definition) is 2. The summed E-state index contributed by atoms with van der Waals surface area (Å²) in [5.41, 5.74) is -0.0251. The lowest BCUT2D eigenvalue weighted by atomic mass is 10.2. The fraction of sp³-hybridized carbons (Fsp3) is 0.364. The molecular weight excluding hydrogens is 206 g/mol. The number of hydrogen-bond acceptors (Lipinski definition) is 4. The number of nitrogens with one attached hydrogen (secondary N) is 1. The van der Waals surface area contributed by atoms with Crippen LogP contribution in [0.2, 0.25) is 0 Å². The summed E-state index contributed by atoms with van der Waals surface area (Å²) >= 11 is 0. The van der Waals surface area contributed by atoms with Crippen LogP contribution < -0.4 is 5.32 Å². The van der Waals surface area contributed by atoms with E-state index in [9.17, 15) is 4.79 Å². The summed E-state index contributed by atoms with van der Waals surface area (Å²) in [4.78, 5) is 18.6. The first-order valence-electron chi connectivity index (χ1n) is 4.82. The molecule has 1 aromatic rings. The number of aromatic nitrogens is 2. The van der Waals surface area contributed by atoms with Gasteiger partial charge in [0.25, 0.3) is 0 Å². The van der Waals surface area contributed by atoms with Crippen molar-refractivity contribution in [2.75, 3.05) is 5.32 Å². The Balaban J connectivity index is 2.89. The van der Waals surface area contributed by atoms with Gasteiger partial charge in [-0.05, 0) is 13.8 Å². The standard InChI is InChI=1S/C11H13N3O2/c1-4-5-7(2)12-10-6-9(11(15)16)13-8(3)14-10/h1,6-7H,5H2,2-3H3,(H,15,16)(H,12,13,14). The number of carboxylic acid groups (broad SMARTS) is 1. The number of aromatic carboxylic acids is 1. The molecule has 0 aliphatic rings. The molecule has 0 radical (unpaired) electrons. The predicted octanol–water partition coefficient (Wildman–Crippen LogP) is 1.31. The van der Waals surface area contributed by atoms with Crippen LogP contribution in [0.3, 0.4) is 0 Å². The van der Waals surface area contributed by atoms with Gasteiger partial charge >= 0.3 is 5.97 Å². The molecule has 2 N–H and O–H groups in total. The number of carboxylic acids is 1. The molecule has 1 atom stereocenters. The molecule has 0 aromatic carbocycles. The molecule has 0 spiro atoms. The van der Waals surface area contributed by atoms with Crippen molar-refractivity contribution in [2.45, 2.75) is 26.3 Å². The first-order valence-corrected chi connectivity index (χ1v) is 4.82. The maximum absolute atomic E-state index is 10.8. The predicted molar refractivity (Wildman–Crippen MR) is 60.3 cm³/mol. The van der Waals surface area contributed by atoms with Gasteiger partial charge in [0.15, 0.2) is 5.69 Å². The van der Waals surface area contributed by atoms with Gasteiger partial charge in [0.1, 0.15) is 11.6 Å². The van der Waals surface area contributed by atoms with E-state index in [-0.39, 0.29) is 11.7 Å². The second-order valence-electron chi connectivity index (χ2n) is 3.44. The minimum atomic E-state index is -1.07. The zero-order valence-electron chi connectivity index (χ0n) is 9.19. The number of nitrogens with zero attached hydrogens (tertiary/aromatic N) is 2. The molecule has 16 heavy (non-hydrogen) atoms. The average molecular weight is 219 g/mol. The Hall–Kier alpha value is -2.09. The van der Waals surface area contributed by atoms with Crippen LogP contribution in [-0.2, 0) is 0 Å². The number of terminal acetylenes is 1. The smallest absolute Gasteiger partial charge is 0.354 e. The second-order valence-corrected chi connectivity index (χ2v) is 3.44. The minimum Gasteiger partial charge on any atom is -0.477 e. The average Bonchev–Trinajstić information content (AvgIpc) is 2.16. The minimum absolute atomic E-state index is 0.0251. The molecule has 1 aromatic heterocycles. The molecule has 0 aliphatic heterocycles. The van der Waals surface area contributed by atoms with E-state index in [1.54, 1.807) is 6.92 Å². The van der Waals surface area contributed by atoms with Gasteiger partial charge in [-0.25, -0.2) is 14.8 Å². The van der Waals surface area contributed by atoms with Gasteiger partial charge in [-0.3, -0.25) is 0 Å². The summed E-state index contributed by atoms with van der Waals surface area (Å²) in [7, 11) is 0. The van der Waals surface area contributed by atoms with Gasteiger partial charge in [-0.15, -0.1) is 12.3 Å². The summed E-state index contributed by atoms with van der Waals surface area (Å²) in [6, 6.07) is 1.43. The number of aryl methyl sites for hydroxylation is 1. The molecule has 1 rings (SSSR count). The first kappa shape index (κ1) is 12.0. The monoisotopic (exact) mass is 219 g/mol. The normalized spacial score (nSPS) is 11.6. The van der Waals surface area contributed by atoms with E-state index in [4.69, 9.17) is 11.5 Å². The van der Waals surface area contributed by atoms with Crippen molar-refractivity contribution in [3.63, 3.8) is 0 Å². The molecule has 1 heterocycles. The third-order valence-electron chi connectivity index (χ3n) is 1.88. The third kappa shape index (κ3) is 3.24. The van der Waals surface area contributed by atoms with E-state index >= 15 is 0 Å². The number of carbonyl (C=O) groups is 1. The number of rotatable bonds is 4. The Labute approximate surface area is 93.9 Å². The van der Waals surface area contributed by atoms with E-state index in [1.807, 2.05) is 6.92 Å². The zero-order chi connectivity index (χ0) is 12.1. The van der Waals surface area contributed by atoms with Crippen LogP contribution >= 0.6 is 0 Å². The molecule has 1 unspecified atom stereocenters. The van der Waals surface area contributed by atoms with E-state index in [0.29, 0.717) is 18.1 Å². The van der Waals surface area contributed by atoms with Crippen LogP contribution in [0.5, 0.6) is 0 Å². The summed E-state index contributed by atoms with van der Waals surface area (Å²) in [5.74, 6) is 2.34. The van der Waals surface area contributed by atoms with E-state index in [2.05, 4.69) is 21.2 Å². The molecular formula is C11H13N3O2. The van der Waals surface area contributed by atoms with Gasteiger partial charge < -0.3 is 10.4 Å². The van der Waals surface area contributed by atoms with Crippen molar-refractivity contribution in [1.82, 2.24) is 9.97 Å². The SMILES string of the molecule is C#CCC(C)Nc1cc(C(=O)O)nc(C)n1. The van der Waals surface area contributed by atoms with E-state index in [1.165, 1.54) is 6.07 Å². The van der Waals surface area contributed by atoms with Crippen molar-refractivity contribution in [3.8, 4) is 12.3 Å². The van der Waals surface area contributed by atoms with Gasteiger partial charge in [-0.1, -0.05) is 0 Å². The molecule has 0 amide bonds. The van der Waals surface area contributed by atoms with Crippen molar-refractivity contribution in [1.29, 1.82) is 0 Å². The second kappa shape index (κ2) is 5.12. The van der Waals surface area contributed by atoms with Gasteiger partial charge in [0.05, 0.1) is 0 Å². The summed E-state index contributed by atoms with van der Waals surface area (Å²) in [6.07, 6.45) is 5.72. The highest BCUT2D eigenvalue weighted by molar-refractivity contribution is 5.86. The fourth-order valence-corrected chi connectivity index (χ4v) is 1.23. The molecule has 0 aliphatic carbocycles. The lowest BCUT2D eigenvalue weighted by molar-refractivity contribution is 0.0690. The van der Waals surface area contributed by atoms with Gasteiger partial charge in [0, 0.05) is 18.5 Å². The summed E-state index contributed by atoms with van der Waals surface area (Å²) < 4.78 is 0. The molecule has 0 saturated heterocycles. The largest absolute Gasteiger partial charge is 0.477 e. The Morgan fingerprint density at radius 2 is 2.38 bits per heavy atom.